The summed E-state index contributed by atoms with van der Waals surface area (Å²) in [6.07, 6.45) is 7.46. The Morgan fingerprint density at radius 2 is 2.44 bits per heavy atom. The lowest BCUT2D eigenvalue weighted by molar-refractivity contribution is 0.166. The molecule has 0 radical (unpaired) electrons. The van der Waals surface area contributed by atoms with Crippen LogP contribution >= 0.6 is 11.3 Å². The summed E-state index contributed by atoms with van der Waals surface area (Å²) >= 11 is 1.75. The first kappa shape index (κ1) is 10.7. The van der Waals surface area contributed by atoms with E-state index in [-0.39, 0.29) is 0 Å². The number of nitrogens with zero attached hydrogens (tertiary/aromatic N) is 2. The third-order valence-corrected chi connectivity index (χ3v) is 4.65. The molecule has 1 N–H and O–H groups in total. The van der Waals surface area contributed by atoms with Gasteiger partial charge in [0.05, 0.1) is 5.51 Å². The number of fused-ring (bicyclic) bond motifs is 1. The lowest BCUT2D eigenvalue weighted by Crippen LogP contribution is -2.45. The van der Waals surface area contributed by atoms with Crippen LogP contribution in [0.5, 0.6) is 0 Å². The molecule has 3 heterocycles. The Hall–Kier alpha value is -0.450. The smallest absolute Gasteiger partial charge is 0.0794 e. The summed E-state index contributed by atoms with van der Waals surface area (Å²) in [6, 6.07) is 1.59. The van der Waals surface area contributed by atoms with Crippen molar-refractivity contribution in [2.45, 2.75) is 44.3 Å². The van der Waals surface area contributed by atoms with E-state index in [4.69, 9.17) is 0 Å². The number of hydrogen-bond acceptors (Lipinski definition) is 4. The van der Waals surface area contributed by atoms with Crippen molar-refractivity contribution >= 4 is 11.3 Å². The van der Waals surface area contributed by atoms with E-state index >= 15 is 0 Å². The highest BCUT2D eigenvalue weighted by Crippen LogP contribution is 2.26. The molecule has 3 rings (SSSR count). The van der Waals surface area contributed by atoms with Gasteiger partial charge >= 0.3 is 0 Å². The van der Waals surface area contributed by atoms with E-state index < -0.39 is 0 Å². The Morgan fingerprint density at radius 3 is 3.31 bits per heavy atom. The summed E-state index contributed by atoms with van der Waals surface area (Å²) in [5.41, 5.74) is 1.91. The van der Waals surface area contributed by atoms with Crippen molar-refractivity contribution in [2.24, 2.45) is 0 Å². The average molecular weight is 237 g/mol. The van der Waals surface area contributed by atoms with Crippen molar-refractivity contribution in [1.82, 2.24) is 15.2 Å². The Bertz CT molecular complexity index is 325. The first-order chi connectivity index (χ1) is 7.92. The van der Waals surface area contributed by atoms with E-state index in [1.165, 1.54) is 43.6 Å². The van der Waals surface area contributed by atoms with E-state index in [1.807, 2.05) is 11.7 Å². The van der Waals surface area contributed by atoms with Crippen LogP contribution in [-0.2, 0) is 6.54 Å². The van der Waals surface area contributed by atoms with Gasteiger partial charge in [-0.05, 0) is 38.8 Å². The molecule has 88 valence electrons. The Balaban J connectivity index is 1.49. The van der Waals surface area contributed by atoms with Gasteiger partial charge < -0.3 is 10.2 Å². The fraction of sp³-hybridized carbons (Fsp3) is 0.750. The highest BCUT2D eigenvalue weighted by Gasteiger charge is 2.31. The van der Waals surface area contributed by atoms with Crippen molar-refractivity contribution in [3.8, 4) is 0 Å². The van der Waals surface area contributed by atoms with Crippen LogP contribution in [0.2, 0.25) is 0 Å². The molecule has 0 saturated carbocycles. The van der Waals surface area contributed by atoms with Crippen LogP contribution < -0.4 is 5.32 Å². The quantitative estimate of drug-likeness (QED) is 0.870. The maximum absolute atomic E-state index is 4.11. The van der Waals surface area contributed by atoms with E-state index in [9.17, 15) is 0 Å². The number of thiazole rings is 1. The SMILES string of the molecule is c1ncc(CNC2CCN3CCCC3C2)s1. The van der Waals surface area contributed by atoms with Gasteiger partial charge in [-0.3, -0.25) is 4.98 Å². The third kappa shape index (κ3) is 2.29. The van der Waals surface area contributed by atoms with Gasteiger partial charge in [-0.1, -0.05) is 0 Å². The fourth-order valence-electron chi connectivity index (χ4n) is 2.98. The summed E-state index contributed by atoms with van der Waals surface area (Å²) < 4.78 is 0. The molecule has 3 nitrogen and oxygen atoms in total. The first-order valence-corrected chi connectivity index (χ1v) is 7.14. The Labute approximate surface area is 101 Å². The molecule has 16 heavy (non-hydrogen) atoms. The van der Waals surface area contributed by atoms with Crippen molar-refractivity contribution < 1.29 is 0 Å². The summed E-state index contributed by atoms with van der Waals surface area (Å²) in [5, 5.41) is 3.68. The predicted octanol–water partition coefficient (Wildman–Crippen LogP) is 1.86. The number of nitrogens with one attached hydrogen (secondary N) is 1. The fourth-order valence-corrected chi connectivity index (χ4v) is 3.53. The molecule has 2 aliphatic rings. The lowest BCUT2D eigenvalue weighted by atomic mass is 9.97. The number of rotatable bonds is 3. The zero-order valence-electron chi connectivity index (χ0n) is 9.56. The maximum atomic E-state index is 4.11. The van der Waals surface area contributed by atoms with Crippen molar-refractivity contribution in [1.29, 1.82) is 0 Å². The van der Waals surface area contributed by atoms with E-state index in [1.54, 1.807) is 11.3 Å². The van der Waals surface area contributed by atoms with Gasteiger partial charge in [-0.15, -0.1) is 11.3 Å². The predicted molar refractivity (Wildman–Crippen MR) is 66.6 cm³/mol. The minimum absolute atomic E-state index is 0.724. The molecule has 4 heteroatoms. The van der Waals surface area contributed by atoms with Gasteiger partial charge in [-0.25, -0.2) is 0 Å². The Morgan fingerprint density at radius 1 is 1.44 bits per heavy atom. The van der Waals surface area contributed by atoms with Crippen LogP contribution in [-0.4, -0.2) is 35.1 Å². The molecule has 0 spiro atoms. The second kappa shape index (κ2) is 4.82. The van der Waals surface area contributed by atoms with Crippen molar-refractivity contribution in [3.05, 3.63) is 16.6 Å². The average Bonchev–Trinajstić information content (AvgIpc) is 2.97. The molecule has 2 aliphatic heterocycles. The molecule has 1 aromatic heterocycles. The summed E-state index contributed by atoms with van der Waals surface area (Å²) in [7, 11) is 0. The van der Waals surface area contributed by atoms with E-state index in [0.29, 0.717) is 0 Å². The monoisotopic (exact) mass is 237 g/mol. The second-order valence-electron chi connectivity index (χ2n) is 4.90. The highest BCUT2D eigenvalue weighted by atomic mass is 32.1. The topological polar surface area (TPSA) is 28.2 Å². The van der Waals surface area contributed by atoms with Crippen LogP contribution in [0.4, 0.5) is 0 Å². The molecule has 1 aromatic rings. The molecule has 0 aliphatic carbocycles. The third-order valence-electron chi connectivity index (χ3n) is 3.87. The van der Waals surface area contributed by atoms with E-state index in [0.717, 1.165) is 18.6 Å². The molecule has 2 atom stereocenters. The number of aromatic nitrogens is 1. The van der Waals surface area contributed by atoms with Crippen LogP contribution in [0.25, 0.3) is 0 Å². The van der Waals surface area contributed by atoms with Crippen LogP contribution in [0.15, 0.2) is 11.7 Å². The standard InChI is InChI=1S/C12H19N3S/c1-2-11-6-10(3-5-15(11)4-1)14-8-12-7-13-9-16-12/h7,9-11,14H,1-6,8H2. The number of piperidine rings is 1. The van der Waals surface area contributed by atoms with Crippen LogP contribution in [0, 0.1) is 0 Å². The molecular formula is C12H19N3S. The molecule has 0 aromatic carbocycles. The van der Waals surface area contributed by atoms with Crippen LogP contribution in [0.1, 0.15) is 30.6 Å². The normalized spacial score (nSPS) is 30.5. The minimum atomic E-state index is 0.724. The first-order valence-electron chi connectivity index (χ1n) is 6.26. The van der Waals surface area contributed by atoms with Gasteiger partial charge in [0.1, 0.15) is 0 Å². The summed E-state index contributed by atoms with van der Waals surface area (Å²) in [4.78, 5) is 8.14. The van der Waals surface area contributed by atoms with Gasteiger partial charge in [0.25, 0.3) is 0 Å². The highest BCUT2D eigenvalue weighted by molar-refractivity contribution is 7.09. The van der Waals surface area contributed by atoms with Gasteiger partial charge in [0, 0.05) is 29.7 Å². The summed E-state index contributed by atoms with van der Waals surface area (Å²) in [5.74, 6) is 0. The van der Waals surface area contributed by atoms with Crippen molar-refractivity contribution in [3.63, 3.8) is 0 Å². The van der Waals surface area contributed by atoms with Gasteiger partial charge in [0.2, 0.25) is 0 Å². The zero-order chi connectivity index (χ0) is 10.8. The second-order valence-corrected chi connectivity index (χ2v) is 5.87. The minimum Gasteiger partial charge on any atom is -0.309 e. The molecule has 2 unspecified atom stereocenters. The summed E-state index contributed by atoms with van der Waals surface area (Å²) in [6.45, 7) is 3.64. The van der Waals surface area contributed by atoms with E-state index in [2.05, 4.69) is 15.2 Å². The Kier molecular flexibility index (Phi) is 3.22. The molecule has 2 saturated heterocycles. The molecule has 0 bridgehead atoms. The van der Waals surface area contributed by atoms with Gasteiger partial charge in [0.15, 0.2) is 0 Å². The maximum Gasteiger partial charge on any atom is 0.0794 e. The lowest BCUT2D eigenvalue weighted by Gasteiger charge is -2.35. The molecule has 0 amide bonds. The van der Waals surface area contributed by atoms with Crippen molar-refractivity contribution in [2.75, 3.05) is 13.1 Å². The van der Waals surface area contributed by atoms with Gasteiger partial charge in [-0.2, -0.15) is 0 Å². The number of hydrogen-bond donors (Lipinski definition) is 1. The largest absolute Gasteiger partial charge is 0.309 e. The zero-order valence-corrected chi connectivity index (χ0v) is 10.4. The molecular weight excluding hydrogens is 218 g/mol. The molecule has 2 fully saturated rings. The van der Waals surface area contributed by atoms with Crippen LogP contribution in [0.3, 0.4) is 0 Å².